The van der Waals surface area contributed by atoms with Crippen LogP contribution in [0.1, 0.15) is 0 Å². The van der Waals surface area contributed by atoms with E-state index in [9.17, 15) is 18.0 Å². The van der Waals surface area contributed by atoms with Crippen LogP contribution in [0.4, 0.5) is 5.69 Å². The van der Waals surface area contributed by atoms with Gasteiger partial charge in [0.25, 0.3) is 10.0 Å². The summed E-state index contributed by atoms with van der Waals surface area (Å²) >= 11 is 5.83. The van der Waals surface area contributed by atoms with Crippen LogP contribution in [0.25, 0.3) is 10.9 Å². The van der Waals surface area contributed by atoms with E-state index in [0.717, 1.165) is 10.6 Å². The van der Waals surface area contributed by atoms with Gasteiger partial charge in [0.15, 0.2) is 0 Å². The van der Waals surface area contributed by atoms with Crippen molar-refractivity contribution < 1.29 is 12.8 Å². The van der Waals surface area contributed by atoms with Crippen molar-refractivity contribution >= 4 is 38.2 Å². The number of aromatic nitrogens is 1. The molecule has 0 amide bonds. The van der Waals surface area contributed by atoms with E-state index < -0.39 is 21.4 Å². The average molecular weight is 367 g/mol. The summed E-state index contributed by atoms with van der Waals surface area (Å²) in [6, 6.07) is 10.1. The summed E-state index contributed by atoms with van der Waals surface area (Å²) in [6.07, 6.45) is 0. The fourth-order valence-corrected chi connectivity index (χ4v) is 3.47. The molecule has 0 radical (unpaired) electrons. The minimum Gasteiger partial charge on any atom is -0.372 e. The molecule has 0 fully saturated rings. The first-order valence-electron chi connectivity index (χ1n) is 6.70. The molecule has 0 saturated carbocycles. The van der Waals surface area contributed by atoms with Crippen molar-refractivity contribution in [2.24, 2.45) is 7.05 Å². The second-order valence-corrected chi connectivity index (χ2v) is 7.13. The molecule has 1 N–H and O–H groups in total. The quantitative estimate of drug-likeness (QED) is 0.763. The van der Waals surface area contributed by atoms with Crippen LogP contribution in [0.5, 0.6) is 0 Å². The largest absolute Gasteiger partial charge is 0.422 e. The lowest BCUT2D eigenvalue weighted by atomic mass is 10.2. The molecule has 3 rings (SSSR count). The van der Waals surface area contributed by atoms with Crippen molar-refractivity contribution in [1.29, 1.82) is 0 Å². The number of fused-ring (bicyclic) bond motifs is 1. The van der Waals surface area contributed by atoms with Crippen LogP contribution < -0.4 is 16.1 Å². The van der Waals surface area contributed by atoms with Gasteiger partial charge in [-0.1, -0.05) is 17.7 Å². The molecule has 0 unspecified atom stereocenters. The highest BCUT2D eigenvalue weighted by atomic mass is 35.5. The molecular weight excluding hydrogens is 356 g/mol. The minimum absolute atomic E-state index is 0.00827. The third kappa shape index (κ3) is 2.93. The highest BCUT2D eigenvalue weighted by Gasteiger charge is 2.17. The zero-order valence-corrected chi connectivity index (χ0v) is 13.9. The van der Waals surface area contributed by atoms with Crippen LogP contribution in [0.3, 0.4) is 0 Å². The molecular formula is C15H11ClN2O5S. The van der Waals surface area contributed by atoms with Crippen molar-refractivity contribution in [1.82, 2.24) is 4.57 Å². The van der Waals surface area contributed by atoms with Gasteiger partial charge >= 0.3 is 11.4 Å². The molecule has 0 atom stereocenters. The summed E-state index contributed by atoms with van der Waals surface area (Å²) in [6.45, 7) is 0. The van der Waals surface area contributed by atoms with Crippen LogP contribution in [0.2, 0.25) is 5.02 Å². The van der Waals surface area contributed by atoms with Gasteiger partial charge in [-0.05, 0) is 36.4 Å². The van der Waals surface area contributed by atoms with Gasteiger partial charge in [0.1, 0.15) is 0 Å². The van der Waals surface area contributed by atoms with Crippen molar-refractivity contribution in [3.8, 4) is 0 Å². The van der Waals surface area contributed by atoms with E-state index in [-0.39, 0.29) is 21.5 Å². The zero-order valence-electron chi connectivity index (χ0n) is 12.3. The summed E-state index contributed by atoms with van der Waals surface area (Å²) in [4.78, 5) is 23.1. The highest BCUT2D eigenvalue weighted by Crippen LogP contribution is 2.21. The third-order valence-corrected chi connectivity index (χ3v) is 5.00. The Morgan fingerprint density at radius 1 is 1.12 bits per heavy atom. The fraction of sp³-hybridized carbons (Fsp3) is 0.0667. The van der Waals surface area contributed by atoms with Crippen molar-refractivity contribution in [3.63, 3.8) is 0 Å². The molecule has 9 heteroatoms. The van der Waals surface area contributed by atoms with Gasteiger partial charge in [0.05, 0.1) is 21.5 Å². The molecule has 0 aliphatic rings. The number of benzene rings is 2. The first-order chi connectivity index (χ1) is 11.3. The van der Waals surface area contributed by atoms with Gasteiger partial charge in [-0.25, -0.2) is 18.0 Å². The zero-order chi connectivity index (χ0) is 17.5. The molecule has 0 aliphatic heterocycles. The fourth-order valence-electron chi connectivity index (χ4n) is 2.21. The van der Waals surface area contributed by atoms with Crippen molar-refractivity contribution in [2.75, 3.05) is 4.72 Å². The van der Waals surface area contributed by atoms with Crippen molar-refractivity contribution in [3.05, 3.63) is 68.5 Å². The van der Waals surface area contributed by atoms with E-state index in [1.54, 1.807) is 18.2 Å². The molecule has 24 heavy (non-hydrogen) atoms. The first kappa shape index (κ1) is 16.3. The molecule has 0 spiro atoms. The Morgan fingerprint density at radius 3 is 2.58 bits per heavy atom. The van der Waals surface area contributed by atoms with E-state index >= 15 is 0 Å². The molecule has 7 nitrogen and oxygen atoms in total. The monoisotopic (exact) mass is 366 g/mol. The summed E-state index contributed by atoms with van der Waals surface area (Å²) in [5, 5.41) is 0.371. The number of halogens is 1. The predicted molar refractivity (Wildman–Crippen MR) is 90.0 cm³/mol. The lowest BCUT2D eigenvalue weighted by Crippen LogP contribution is -2.23. The maximum Gasteiger partial charge on any atom is 0.422 e. The van der Waals surface area contributed by atoms with Gasteiger partial charge in [-0.3, -0.25) is 9.29 Å². The standard InChI is InChI=1S/C15H11ClN2O5S/c1-18-13-6-5-11(8-12(13)14(19)23-15(18)20)24(21,22)17-10-4-2-3-9(16)7-10/h2-8,17H,1H3. The Bertz CT molecular complexity index is 1160. The third-order valence-electron chi connectivity index (χ3n) is 3.39. The summed E-state index contributed by atoms with van der Waals surface area (Å²) in [7, 11) is -2.52. The van der Waals surface area contributed by atoms with Gasteiger partial charge in [-0.2, -0.15) is 0 Å². The Hall–Kier alpha value is -2.58. The normalized spacial score (nSPS) is 11.6. The molecule has 0 bridgehead atoms. The number of nitrogens with one attached hydrogen (secondary N) is 1. The Morgan fingerprint density at radius 2 is 1.88 bits per heavy atom. The maximum absolute atomic E-state index is 12.5. The Balaban J connectivity index is 2.12. The average Bonchev–Trinajstić information content (AvgIpc) is 2.52. The molecule has 1 heterocycles. The first-order valence-corrected chi connectivity index (χ1v) is 8.56. The molecule has 0 aliphatic carbocycles. The van der Waals surface area contributed by atoms with Crippen LogP contribution in [-0.4, -0.2) is 13.0 Å². The summed E-state index contributed by atoms with van der Waals surface area (Å²) in [5.41, 5.74) is -0.332. The second kappa shape index (κ2) is 5.81. The molecule has 1 aromatic heterocycles. The number of aryl methyl sites for hydroxylation is 1. The van der Waals surface area contributed by atoms with Gasteiger partial charge in [-0.15, -0.1) is 0 Å². The van der Waals surface area contributed by atoms with E-state index in [0.29, 0.717) is 5.02 Å². The summed E-state index contributed by atoms with van der Waals surface area (Å²) < 4.78 is 33.0. The van der Waals surface area contributed by atoms with Crippen molar-refractivity contribution in [2.45, 2.75) is 4.90 Å². The van der Waals surface area contributed by atoms with Gasteiger partial charge < -0.3 is 4.42 Å². The lowest BCUT2D eigenvalue weighted by Gasteiger charge is -2.09. The number of rotatable bonds is 3. The molecule has 3 aromatic rings. The maximum atomic E-state index is 12.5. The van der Waals surface area contributed by atoms with E-state index in [1.165, 1.54) is 25.2 Å². The number of nitrogens with zero attached hydrogens (tertiary/aromatic N) is 1. The van der Waals surface area contributed by atoms with Crippen LogP contribution >= 0.6 is 11.6 Å². The molecule has 0 saturated heterocycles. The van der Waals surface area contributed by atoms with E-state index in [1.807, 2.05) is 0 Å². The highest BCUT2D eigenvalue weighted by molar-refractivity contribution is 7.92. The predicted octanol–water partition coefficient (Wildman–Crippen LogP) is 1.95. The second-order valence-electron chi connectivity index (χ2n) is 5.01. The van der Waals surface area contributed by atoms with E-state index in [4.69, 9.17) is 11.6 Å². The molecule has 124 valence electrons. The number of hydrogen-bond donors (Lipinski definition) is 1. The van der Waals surface area contributed by atoms with Crippen LogP contribution in [0, 0.1) is 0 Å². The Kier molecular flexibility index (Phi) is 3.94. The van der Waals surface area contributed by atoms with Gasteiger partial charge in [0.2, 0.25) is 0 Å². The topological polar surface area (TPSA) is 98.4 Å². The summed E-state index contributed by atoms with van der Waals surface area (Å²) in [5.74, 6) is -0.819. The van der Waals surface area contributed by atoms with Crippen LogP contribution in [-0.2, 0) is 17.1 Å². The van der Waals surface area contributed by atoms with Gasteiger partial charge in [0, 0.05) is 12.1 Å². The van der Waals surface area contributed by atoms with E-state index in [2.05, 4.69) is 9.14 Å². The number of sulfonamides is 1. The lowest BCUT2D eigenvalue weighted by molar-refractivity contribution is 0.432. The minimum atomic E-state index is -3.94. The Labute approximate surface area is 141 Å². The number of hydrogen-bond acceptors (Lipinski definition) is 5. The molecule has 2 aromatic carbocycles. The number of anilines is 1. The smallest absolute Gasteiger partial charge is 0.372 e. The SMILES string of the molecule is Cn1c(=O)oc(=O)c2cc(S(=O)(=O)Nc3cccc(Cl)c3)ccc21. The van der Waals surface area contributed by atoms with Crippen LogP contribution in [0.15, 0.2) is 61.4 Å².